The zero-order valence-corrected chi connectivity index (χ0v) is 9.65. The van der Waals surface area contributed by atoms with E-state index in [-0.39, 0.29) is 17.8 Å². The Bertz CT molecular complexity index is 437. The van der Waals surface area contributed by atoms with Crippen LogP contribution in [0.2, 0.25) is 0 Å². The van der Waals surface area contributed by atoms with Gasteiger partial charge in [-0.05, 0) is 12.1 Å². The quantitative estimate of drug-likeness (QED) is 0.792. The SMILES string of the molecule is CC(=O)N1CCC(Oc2cc(F)ccc2N)C1. The summed E-state index contributed by atoms with van der Waals surface area (Å²) in [7, 11) is 0. The van der Waals surface area contributed by atoms with Gasteiger partial charge in [-0.3, -0.25) is 4.79 Å². The van der Waals surface area contributed by atoms with Crippen LogP contribution in [0.25, 0.3) is 0 Å². The van der Waals surface area contributed by atoms with Crippen molar-refractivity contribution in [3.8, 4) is 5.75 Å². The van der Waals surface area contributed by atoms with Crippen LogP contribution < -0.4 is 10.5 Å². The van der Waals surface area contributed by atoms with Crippen molar-refractivity contribution in [2.45, 2.75) is 19.4 Å². The van der Waals surface area contributed by atoms with Crippen LogP contribution in [0.5, 0.6) is 5.75 Å². The van der Waals surface area contributed by atoms with E-state index < -0.39 is 0 Å². The molecule has 0 saturated carbocycles. The van der Waals surface area contributed by atoms with Crippen molar-refractivity contribution in [3.05, 3.63) is 24.0 Å². The molecule has 92 valence electrons. The minimum Gasteiger partial charge on any atom is -0.486 e. The highest BCUT2D eigenvalue weighted by molar-refractivity contribution is 5.73. The third-order valence-electron chi connectivity index (χ3n) is 2.86. The minimum absolute atomic E-state index is 0.0308. The highest BCUT2D eigenvalue weighted by Gasteiger charge is 2.26. The molecule has 0 aliphatic carbocycles. The van der Waals surface area contributed by atoms with E-state index >= 15 is 0 Å². The van der Waals surface area contributed by atoms with Gasteiger partial charge in [-0.25, -0.2) is 4.39 Å². The van der Waals surface area contributed by atoms with Gasteiger partial charge in [-0.2, -0.15) is 0 Å². The molecule has 1 fully saturated rings. The normalized spacial score (nSPS) is 19.4. The summed E-state index contributed by atoms with van der Waals surface area (Å²) in [6, 6.07) is 4.03. The number of nitrogen functional groups attached to an aromatic ring is 1. The molecular formula is C12H15FN2O2. The predicted octanol–water partition coefficient (Wildman–Crippen LogP) is 1.41. The van der Waals surface area contributed by atoms with Gasteiger partial charge >= 0.3 is 0 Å². The van der Waals surface area contributed by atoms with E-state index in [2.05, 4.69) is 0 Å². The first-order chi connectivity index (χ1) is 8.06. The van der Waals surface area contributed by atoms with Gasteiger partial charge in [0.05, 0.1) is 12.2 Å². The molecule has 5 heteroatoms. The molecule has 2 rings (SSSR count). The number of halogens is 1. The Morgan fingerprint density at radius 1 is 1.59 bits per heavy atom. The van der Waals surface area contributed by atoms with Crippen molar-refractivity contribution in [2.24, 2.45) is 0 Å². The van der Waals surface area contributed by atoms with Crippen LogP contribution in [0.3, 0.4) is 0 Å². The van der Waals surface area contributed by atoms with E-state index in [0.717, 1.165) is 6.42 Å². The van der Waals surface area contributed by atoms with Gasteiger partial charge in [0.1, 0.15) is 17.7 Å². The fourth-order valence-corrected chi connectivity index (χ4v) is 1.90. The number of ether oxygens (including phenoxy) is 1. The second-order valence-corrected chi connectivity index (χ2v) is 4.18. The third-order valence-corrected chi connectivity index (χ3v) is 2.86. The standard InChI is InChI=1S/C12H15FN2O2/c1-8(16)15-5-4-10(7-15)17-12-6-9(13)2-3-11(12)14/h2-3,6,10H,4-5,7,14H2,1H3. The monoisotopic (exact) mass is 238 g/mol. The Balaban J connectivity index is 2.02. The van der Waals surface area contributed by atoms with Gasteiger partial charge in [0.2, 0.25) is 5.91 Å². The maximum absolute atomic E-state index is 13.0. The number of carbonyl (C=O) groups is 1. The first-order valence-electron chi connectivity index (χ1n) is 5.53. The minimum atomic E-state index is -0.379. The fourth-order valence-electron chi connectivity index (χ4n) is 1.90. The highest BCUT2D eigenvalue weighted by Crippen LogP contribution is 2.25. The molecule has 4 nitrogen and oxygen atoms in total. The van der Waals surface area contributed by atoms with E-state index in [9.17, 15) is 9.18 Å². The number of likely N-dealkylation sites (tertiary alicyclic amines) is 1. The number of rotatable bonds is 2. The largest absolute Gasteiger partial charge is 0.486 e. The van der Waals surface area contributed by atoms with Crippen LogP contribution in [-0.4, -0.2) is 30.0 Å². The second kappa shape index (κ2) is 4.61. The maximum atomic E-state index is 13.0. The molecule has 0 radical (unpaired) electrons. The van der Waals surface area contributed by atoms with Crippen LogP contribution in [0.15, 0.2) is 18.2 Å². The van der Waals surface area contributed by atoms with Gasteiger partial charge in [0, 0.05) is 26.0 Å². The fraction of sp³-hybridized carbons (Fsp3) is 0.417. The van der Waals surface area contributed by atoms with E-state index in [1.165, 1.54) is 25.1 Å². The molecule has 1 unspecified atom stereocenters. The number of nitrogens with two attached hydrogens (primary N) is 1. The summed E-state index contributed by atoms with van der Waals surface area (Å²) in [6.07, 6.45) is 0.637. The molecule has 1 atom stereocenters. The van der Waals surface area contributed by atoms with Gasteiger partial charge in [-0.1, -0.05) is 0 Å². The van der Waals surface area contributed by atoms with Gasteiger partial charge in [0.25, 0.3) is 0 Å². The molecule has 1 aromatic rings. The zero-order valence-electron chi connectivity index (χ0n) is 9.65. The molecule has 0 spiro atoms. The van der Waals surface area contributed by atoms with E-state index in [0.29, 0.717) is 24.5 Å². The molecule has 17 heavy (non-hydrogen) atoms. The van der Waals surface area contributed by atoms with Gasteiger partial charge < -0.3 is 15.4 Å². The Morgan fingerprint density at radius 3 is 3.00 bits per heavy atom. The molecule has 1 aromatic carbocycles. The summed E-state index contributed by atoms with van der Waals surface area (Å²) in [5.74, 6) is -0.000614. The van der Waals surface area contributed by atoms with Crippen molar-refractivity contribution >= 4 is 11.6 Å². The Hall–Kier alpha value is -1.78. The average Bonchev–Trinajstić information content (AvgIpc) is 2.72. The van der Waals surface area contributed by atoms with Crippen LogP contribution in [0.4, 0.5) is 10.1 Å². The van der Waals surface area contributed by atoms with Crippen LogP contribution in [0.1, 0.15) is 13.3 Å². The third kappa shape index (κ3) is 2.67. The number of amides is 1. The smallest absolute Gasteiger partial charge is 0.219 e. The molecule has 1 aliphatic rings. The van der Waals surface area contributed by atoms with Crippen molar-refractivity contribution in [1.82, 2.24) is 4.90 Å². The molecule has 1 amide bonds. The maximum Gasteiger partial charge on any atom is 0.219 e. The van der Waals surface area contributed by atoms with Gasteiger partial charge in [0.15, 0.2) is 0 Å². The summed E-state index contributed by atoms with van der Waals surface area (Å²) < 4.78 is 18.6. The lowest BCUT2D eigenvalue weighted by Gasteiger charge is -2.16. The van der Waals surface area contributed by atoms with Crippen LogP contribution >= 0.6 is 0 Å². The van der Waals surface area contributed by atoms with Crippen molar-refractivity contribution < 1.29 is 13.9 Å². The number of benzene rings is 1. The number of carbonyl (C=O) groups excluding carboxylic acids is 1. The predicted molar refractivity (Wildman–Crippen MR) is 62.1 cm³/mol. The number of nitrogens with zero attached hydrogens (tertiary/aromatic N) is 1. The lowest BCUT2D eigenvalue weighted by molar-refractivity contribution is -0.128. The van der Waals surface area contributed by atoms with Crippen molar-refractivity contribution in [2.75, 3.05) is 18.8 Å². The highest BCUT2D eigenvalue weighted by atomic mass is 19.1. The van der Waals surface area contributed by atoms with E-state index in [1.54, 1.807) is 4.90 Å². The summed E-state index contributed by atoms with van der Waals surface area (Å²) in [6.45, 7) is 2.74. The summed E-state index contributed by atoms with van der Waals surface area (Å²) in [5, 5.41) is 0. The molecule has 1 aliphatic heterocycles. The molecular weight excluding hydrogens is 223 g/mol. The molecule has 1 saturated heterocycles. The van der Waals surface area contributed by atoms with Gasteiger partial charge in [-0.15, -0.1) is 0 Å². The van der Waals surface area contributed by atoms with E-state index in [4.69, 9.17) is 10.5 Å². The first-order valence-corrected chi connectivity index (χ1v) is 5.53. The topological polar surface area (TPSA) is 55.6 Å². The summed E-state index contributed by atoms with van der Waals surface area (Å²) >= 11 is 0. The second-order valence-electron chi connectivity index (χ2n) is 4.18. The van der Waals surface area contributed by atoms with E-state index in [1.807, 2.05) is 0 Å². The number of hydrogen-bond acceptors (Lipinski definition) is 3. The Labute approximate surface area is 99.2 Å². The molecule has 1 heterocycles. The lowest BCUT2D eigenvalue weighted by atomic mass is 10.2. The summed E-state index contributed by atoms with van der Waals surface area (Å²) in [4.78, 5) is 12.9. The van der Waals surface area contributed by atoms with Crippen LogP contribution in [-0.2, 0) is 4.79 Å². The number of anilines is 1. The Morgan fingerprint density at radius 2 is 2.35 bits per heavy atom. The van der Waals surface area contributed by atoms with Crippen molar-refractivity contribution in [3.63, 3.8) is 0 Å². The zero-order chi connectivity index (χ0) is 12.4. The number of hydrogen-bond donors (Lipinski definition) is 1. The molecule has 2 N–H and O–H groups in total. The average molecular weight is 238 g/mol. The molecule has 0 aromatic heterocycles. The Kier molecular flexibility index (Phi) is 3.17. The first kappa shape index (κ1) is 11.7. The summed E-state index contributed by atoms with van der Waals surface area (Å²) in [5.41, 5.74) is 6.10. The van der Waals surface area contributed by atoms with Crippen LogP contribution in [0, 0.1) is 5.82 Å². The molecule has 0 bridgehead atoms. The van der Waals surface area contributed by atoms with Crippen molar-refractivity contribution in [1.29, 1.82) is 0 Å². The lowest BCUT2D eigenvalue weighted by Crippen LogP contribution is -2.28.